The summed E-state index contributed by atoms with van der Waals surface area (Å²) in [5, 5.41) is 0. The van der Waals surface area contributed by atoms with Crippen LogP contribution < -0.4 is 19.1 Å². The number of amides is 1. The Bertz CT molecular complexity index is 747. The Labute approximate surface area is 133 Å². The van der Waals surface area contributed by atoms with Gasteiger partial charge in [0.15, 0.2) is 11.5 Å². The first-order valence-electron chi connectivity index (χ1n) is 7.10. The zero-order valence-corrected chi connectivity index (χ0v) is 12.8. The summed E-state index contributed by atoms with van der Waals surface area (Å²) in [6, 6.07) is 9.06. The predicted octanol–water partition coefficient (Wildman–Crippen LogP) is 2.88. The number of hydrogen-bond acceptors (Lipinski definition) is 4. The van der Waals surface area contributed by atoms with Crippen LogP contribution in [0.25, 0.3) is 0 Å². The summed E-state index contributed by atoms with van der Waals surface area (Å²) in [6.45, 7) is 0.710. The first-order chi connectivity index (χ1) is 11.1. The van der Waals surface area contributed by atoms with Crippen molar-refractivity contribution in [1.29, 1.82) is 0 Å². The highest BCUT2D eigenvalue weighted by Gasteiger charge is 2.26. The van der Waals surface area contributed by atoms with E-state index in [0.29, 0.717) is 41.7 Å². The van der Waals surface area contributed by atoms with E-state index in [0.717, 1.165) is 0 Å². The van der Waals surface area contributed by atoms with Crippen molar-refractivity contribution in [3.63, 3.8) is 0 Å². The van der Waals surface area contributed by atoms with Crippen LogP contribution in [0.15, 0.2) is 36.4 Å². The summed E-state index contributed by atoms with van der Waals surface area (Å²) in [5.41, 5.74) is 0.857. The van der Waals surface area contributed by atoms with Crippen molar-refractivity contribution in [3.05, 3.63) is 47.8 Å². The molecule has 6 heteroatoms. The van der Waals surface area contributed by atoms with Gasteiger partial charge < -0.3 is 19.1 Å². The van der Waals surface area contributed by atoms with Gasteiger partial charge in [-0.2, -0.15) is 0 Å². The molecule has 0 fully saturated rings. The highest BCUT2D eigenvalue weighted by molar-refractivity contribution is 6.07. The summed E-state index contributed by atoms with van der Waals surface area (Å²) in [7, 11) is 3.03. The molecule has 2 aromatic carbocycles. The van der Waals surface area contributed by atoms with E-state index in [-0.39, 0.29) is 5.91 Å². The highest BCUT2D eigenvalue weighted by Crippen LogP contribution is 2.34. The number of nitrogens with zero attached hydrogens (tertiary/aromatic N) is 1. The van der Waals surface area contributed by atoms with Crippen LogP contribution in [0.4, 0.5) is 10.1 Å². The zero-order valence-electron chi connectivity index (χ0n) is 12.8. The van der Waals surface area contributed by atoms with Gasteiger partial charge in [0.05, 0.1) is 26.5 Å². The lowest BCUT2D eigenvalue weighted by Gasteiger charge is -2.29. The molecule has 1 aliphatic rings. The van der Waals surface area contributed by atoms with Gasteiger partial charge in [-0.25, -0.2) is 4.39 Å². The largest absolute Gasteiger partial charge is 0.493 e. The lowest BCUT2D eigenvalue weighted by molar-refractivity contribution is 0.0976. The smallest absolute Gasteiger partial charge is 0.258 e. The number of carbonyl (C=O) groups excluding carboxylic acids is 1. The van der Waals surface area contributed by atoms with Crippen molar-refractivity contribution < 1.29 is 23.4 Å². The number of fused-ring (bicyclic) bond motifs is 1. The Kier molecular flexibility index (Phi) is 4.06. The molecule has 23 heavy (non-hydrogen) atoms. The van der Waals surface area contributed by atoms with Gasteiger partial charge in [-0.15, -0.1) is 0 Å². The standard InChI is InChI=1S/C17H16FNO4/c1-21-15-5-3-11(9-16(15)22-2)17(20)19-7-8-23-14-6-4-12(18)10-13(14)19/h3-6,9-10H,7-8H2,1-2H3. The number of carbonyl (C=O) groups is 1. The summed E-state index contributed by atoms with van der Waals surface area (Å²) in [4.78, 5) is 14.3. The first kappa shape index (κ1) is 15.1. The monoisotopic (exact) mass is 317 g/mol. The number of methoxy groups -OCH3 is 2. The third kappa shape index (κ3) is 2.79. The molecule has 0 spiro atoms. The van der Waals surface area contributed by atoms with Gasteiger partial charge in [0.25, 0.3) is 5.91 Å². The molecule has 0 N–H and O–H groups in total. The number of anilines is 1. The Morgan fingerprint density at radius 1 is 1.13 bits per heavy atom. The van der Waals surface area contributed by atoms with Crippen molar-refractivity contribution in [2.24, 2.45) is 0 Å². The van der Waals surface area contributed by atoms with E-state index in [9.17, 15) is 9.18 Å². The van der Waals surface area contributed by atoms with Gasteiger partial charge in [0, 0.05) is 11.6 Å². The summed E-state index contributed by atoms with van der Waals surface area (Å²) >= 11 is 0. The molecule has 0 unspecified atom stereocenters. The topological polar surface area (TPSA) is 48.0 Å². The minimum Gasteiger partial charge on any atom is -0.493 e. The number of rotatable bonds is 3. The van der Waals surface area contributed by atoms with Crippen molar-refractivity contribution in [3.8, 4) is 17.2 Å². The molecule has 1 heterocycles. The number of halogens is 1. The van der Waals surface area contributed by atoms with E-state index < -0.39 is 5.82 Å². The maximum absolute atomic E-state index is 13.5. The number of hydrogen-bond donors (Lipinski definition) is 0. The second kappa shape index (κ2) is 6.16. The number of ether oxygens (including phenoxy) is 3. The molecule has 0 aliphatic carbocycles. The van der Waals surface area contributed by atoms with Crippen molar-refractivity contribution in [2.75, 3.05) is 32.3 Å². The summed E-state index contributed by atoms with van der Waals surface area (Å²) in [5.74, 6) is 0.829. The van der Waals surface area contributed by atoms with Crippen LogP contribution >= 0.6 is 0 Å². The molecular formula is C17H16FNO4. The molecule has 120 valence electrons. The quantitative estimate of drug-likeness (QED) is 0.873. The molecule has 3 rings (SSSR count). The molecular weight excluding hydrogens is 301 g/mol. The van der Waals surface area contributed by atoms with Crippen LogP contribution in [0, 0.1) is 5.82 Å². The van der Waals surface area contributed by atoms with Gasteiger partial charge in [-0.05, 0) is 30.3 Å². The molecule has 0 aromatic heterocycles. The van der Waals surface area contributed by atoms with Crippen molar-refractivity contribution in [2.45, 2.75) is 0 Å². The van der Waals surface area contributed by atoms with Crippen LogP contribution in [-0.2, 0) is 0 Å². The van der Waals surface area contributed by atoms with E-state index in [1.165, 1.54) is 37.3 Å². The minimum atomic E-state index is -0.417. The maximum Gasteiger partial charge on any atom is 0.258 e. The van der Waals surface area contributed by atoms with Gasteiger partial charge in [-0.1, -0.05) is 0 Å². The van der Waals surface area contributed by atoms with Gasteiger partial charge in [-0.3, -0.25) is 4.79 Å². The summed E-state index contributed by atoms with van der Waals surface area (Å²) < 4.78 is 29.4. The second-order valence-corrected chi connectivity index (χ2v) is 4.99. The third-order valence-corrected chi connectivity index (χ3v) is 3.66. The highest BCUT2D eigenvalue weighted by atomic mass is 19.1. The molecule has 0 saturated carbocycles. The Balaban J connectivity index is 1.97. The molecule has 0 bridgehead atoms. The minimum absolute atomic E-state index is 0.249. The van der Waals surface area contributed by atoms with Crippen molar-refractivity contribution in [1.82, 2.24) is 0 Å². The first-order valence-corrected chi connectivity index (χ1v) is 7.10. The molecule has 1 amide bonds. The van der Waals surface area contributed by atoms with Crippen LogP contribution in [0.5, 0.6) is 17.2 Å². The average Bonchev–Trinajstić information content (AvgIpc) is 2.59. The van der Waals surface area contributed by atoms with E-state index in [2.05, 4.69) is 0 Å². The van der Waals surface area contributed by atoms with Crippen LogP contribution in [0.2, 0.25) is 0 Å². The van der Waals surface area contributed by atoms with E-state index >= 15 is 0 Å². The van der Waals surface area contributed by atoms with E-state index in [1.807, 2.05) is 0 Å². The van der Waals surface area contributed by atoms with Gasteiger partial charge in [0.2, 0.25) is 0 Å². The predicted molar refractivity (Wildman–Crippen MR) is 83.1 cm³/mol. The fraction of sp³-hybridized carbons (Fsp3) is 0.235. The Hall–Kier alpha value is -2.76. The number of benzene rings is 2. The fourth-order valence-corrected chi connectivity index (χ4v) is 2.53. The SMILES string of the molecule is COc1ccc(C(=O)N2CCOc3ccc(F)cc32)cc1OC. The molecule has 0 atom stereocenters. The molecule has 2 aromatic rings. The normalized spacial score (nSPS) is 13.1. The Morgan fingerprint density at radius 2 is 1.91 bits per heavy atom. The molecule has 0 saturated heterocycles. The lowest BCUT2D eigenvalue weighted by atomic mass is 10.1. The lowest BCUT2D eigenvalue weighted by Crippen LogP contribution is -2.38. The summed E-state index contributed by atoms with van der Waals surface area (Å²) in [6.07, 6.45) is 0. The molecule has 5 nitrogen and oxygen atoms in total. The zero-order chi connectivity index (χ0) is 16.4. The second-order valence-electron chi connectivity index (χ2n) is 4.99. The average molecular weight is 317 g/mol. The molecule has 1 aliphatic heterocycles. The van der Waals surface area contributed by atoms with Crippen molar-refractivity contribution >= 4 is 11.6 Å². The fourth-order valence-electron chi connectivity index (χ4n) is 2.53. The van der Waals surface area contributed by atoms with Gasteiger partial charge in [0.1, 0.15) is 18.2 Å². The van der Waals surface area contributed by atoms with Gasteiger partial charge >= 0.3 is 0 Å². The Morgan fingerprint density at radius 3 is 2.65 bits per heavy atom. The molecule has 0 radical (unpaired) electrons. The van der Waals surface area contributed by atoms with E-state index in [4.69, 9.17) is 14.2 Å². The van der Waals surface area contributed by atoms with E-state index in [1.54, 1.807) is 18.2 Å². The third-order valence-electron chi connectivity index (χ3n) is 3.66. The van der Waals surface area contributed by atoms with Crippen LogP contribution in [0.1, 0.15) is 10.4 Å². The van der Waals surface area contributed by atoms with Crippen LogP contribution in [-0.4, -0.2) is 33.3 Å². The van der Waals surface area contributed by atoms with Crippen LogP contribution in [0.3, 0.4) is 0 Å². The maximum atomic E-state index is 13.5.